The largest absolute Gasteiger partial charge is 0.521 e. The minimum atomic E-state index is -1.19. The van der Waals surface area contributed by atoms with Gasteiger partial charge in [0, 0.05) is 25.3 Å². The number of imide groups is 1. The summed E-state index contributed by atoms with van der Waals surface area (Å²) in [6.45, 7) is 4.89. The van der Waals surface area contributed by atoms with E-state index in [1.165, 1.54) is 6.92 Å². The lowest BCUT2D eigenvalue weighted by molar-refractivity contribution is -0.794. The lowest BCUT2D eigenvalue weighted by atomic mass is 9.93. The van der Waals surface area contributed by atoms with E-state index in [4.69, 9.17) is 0 Å². The Hall–Kier alpha value is -2.51. The van der Waals surface area contributed by atoms with Crippen LogP contribution in [0.5, 0.6) is 0 Å². The van der Waals surface area contributed by atoms with E-state index >= 15 is 0 Å². The van der Waals surface area contributed by atoms with Crippen LogP contribution in [0.2, 0.25) is 0 Å². The number of benzene rings is 2. The molecule has 2 amide bonds. The van der Waals surface area contributed by atoms with Crippen LogP contribution < -0.4 is 0 Å². The van der Waals surface area contributed by atoms with Crippen molar-refractivity contribution >= 4 is 45.4 Å². The summed E-state index contributed by atoms with van der Waals surface area (Å²) in [5.74, 6) is -1.77. The quantitative estimate of drug-likeness (QED) is 0.557. The number of nitrogens with zero attached hydrogens (tertiary/aromatic N) is 1. The van der Waals surface area contributed by atoms with Gasteiger partial charge in [-0.3, -0.25) is 9.59 Å². The van der Waals surface area contributed by atoms with E-state index in [-0.39, 0.29) is 23.5 Å². The van der Waals surface area contributed by atoms with E-state index in [1.54, 1.807) is 26.0 Å². The van der Waals surface area contributed by atoms with E-state index in [1.807, 2.05) is 30.3 Å². The predicted molar refractivity (Wildman–Crippen MR) is 116 cm³/mol. The van der Waals surface area contributed by atoms with Crippen molar-refractivity contribution in [3.8, 4) is 0 Å². The second kappa shape index (κ2) is 8.70. The highest BCUT2D eigenvalue weighted by molar-refractivity contribution is 8.14. The Labute approximate surface area is 179 Å². The molecule has 3 rings (SSSR count). The van der Waals surface area contributed by atoms with Gasteiger partial charge in [0.1, 0.15) is 6.04 Å². The molecule has 3 unspecified atom stereocenters. The van der Waals surface area contributed by atoms with E-state index in [0.29, 0.717) is 18.4 Å². The van der Waals surface area contributed by atoms with Crippen LogP contribution in [0.4, 0.5) is 4.79 Å². The molecule has 1 N–H and O–H groups in total. The first-order chi connectivity index (χ1) is 14.2. The first kappa shape index (κ1) is 22.2. The average Bonchev–Trinajstić information content (AvgIpc) is 3.12. The number of ketones is 1. The van der Waals surface area contributed by atoms with Gasteiger partial charge in [0.15, 0.2) is 10.9 Å². The van der Waals surface area contributed by atoms with Gasteiger partial charge in [-0.25, -0.2) is 4.79 Å². The van der Waals surface area contributed by atoms with Crippen molar-refractivity contribution in [2.45, 2.75) is 44.9 Å². The summed E-state index contributed by atoms with van der Waals surface area (Å²) in [4.78, 5) is 51.1. The number of thioether (sulfide) groups is 1. The fourth-order valence-electron chi connectivity index (χ4n) is 4.43. The molecule has 0 bridgehead atoms. The van der Waals surface area contributed by atoms with Crippen molar-refractivity contribution in [3.63, 3.8) is 0 Å². The van der Waals surface area contributed by atoms with Gasteiger partial charge in [-0.05, 0) is 24.6 Å². The fraction of sp³-hybridized carbons (Fsp3) is 0.391. The molecule has 0 aromatic heterocycles. The Morgan fingerprint density at radius 3 is 2.37 bits per heavy atom. The Kier molecular flexibility index (Phi) is 6.43. The van der Waals surface area contributed by atoms with Crippen LogP contribution in [0.15, 0.2) is 42.5 Å². The van der Waals surface area contributed by atoms with E-state index in [9.17, 15) is 24.3 Å². The van der Waals surface area contributed by atoms with Crippen molar-refractivity contribution in [3.05, 3.63) is 48.0 Å². The third-order valence-electron chi connectivity index (χ3n) is 6.07. The van der Waals surface area contributed by atoms with Gasteiger partial charge < -0.3 is 5.11 Å². The molecule has 30 heavy (non-hydrogen) atoms. The zero-order chi connectivity index (χ0) is 22.1. The lowest BCUT2D eigenvalue weighted by Gasteiger charge is -2.33. The molecule has 0 aliphatic carbocycles. The molecule has 2 aromatic rings. The monoisotopic (exact) mass is 428 g/mol. The number of carbonyl (C=O) groups is 4. The van der Waals surface area contributed by atoms with Crippen molar-refractivity contribution in [1.29, 1.82) is 0 Å². The van der Waals surface area contributed by atoms with Gasteiger partial charge in [0.2, 0.25) is 0 Å². The molecule has 1 heterocycles. The highest BCUT2D eigenvalue weighted by atomic mass is 32.2. The summed E-state index contributed by atoms with van der Waals surface area (Å²) in [6.07, 6.45) is 0.0707. The van der Waals surface area contributed by atoms with Gasteiger partial charge in [-0.15, -0.1) is 0 Å². The molecule has 0 spiro atoms. The van der Waals surface area contributed by atoms with Crippen LogP contribution in [-0.2, 0) is 9.59 Å². The summed E-state index contributed by atoms with van der Waals surface area (Å²) in [6, 6.07) is 12.4. The number of rotatable bonds is 5. The highest BCUT2D eigenvalue weighted by Gasteiger charge is 2.56. The molecule has 1 aliphatic rings. The molecule has 1 fully saturated rings. The first-order valence-electron chi connectivity index (χ1n) is 10.0. The first-order valence-corrected chi connectivity index (χ1v) is 10.9. The highest BCUT2D eigenvalue weighted by Crippen LogP contribution is 2.35. The smallest absolute Gasteiger partial charge is 0.435 e. The van der Waals surface area contributed by atoms with Crippen LogP contribution in [-0.4, -0.2) is 50.3 Å². The minimum Gasteiger partial charge on any atom is -0.435 e. The van der Waals surface area contributed by atoms with E-state index in [2.05, 4.69) is 0 Å². The minimum absolute atomic E-state index is 0.208. The predicted octanol–water partition coefficient (Wildman–Crippen LogP) is 4.51. The summed E-state index contributed by atoms with van der Waals surface area (Å²) < 4.78 is -0.682. The third-order valence-corrected chi connectivity index (χ3v) is 7.28. The van der Waals surface area contributed by atoms with Gasteiger partial charge in [0.25, 0.3) is 0 Å². The molecule has 1 aliphatic heterocycles. The number of carbonyl (C=O) groups excluding carboxylic acids is 3. The van der Waals surface area contributed by atoms with Gasteiger partial charge in [-0.2, -0.15) is 9.28 Å². The van der Waals surface area contributed by atoms with E-state index < -0.39 is 27.7 Å². The zero-order valence-corrected chi connectivity index (χ0v) is 18.1. The fourth-order valence-corrected chi connectivity index (χ4v) is 5.34. The summed E-state index contributed by atoms with van der Waals surface area (Å²) in [7, 11) is 0. The molecule has 158 valence electrons. The number of carboxylic acid groups (broad SMARTS) is 1. The molecule has 0 saturated carbocycles. The topological polar surface area (TPSA) is 88.5 Å². The molecule has 1 saturated heterocycles. The Bertz CT molecular complexity index is 1010. The van der Waals surface area contributed by atoms with Crippen LogP contribution in [0.25, 0.3) is 10.8 Å². The van der Waals surface area contributed by atoms with Crippen LogP contribution in [0.3, 0.4) is 0 Å². The lowest BCUT2D eigenvalue weighted by Crippen LogP contribution is -2.61. The maximum atomic E-state index is 13.5. The standard InChI is InChI=1S/C23H25NO5S/c1-14-8-7-13-24(14,23(28)29)22(27)15(2)21(30-16(3)25)20(26)19-12-6-10-17-9-4-5-11-18(17)19/h4-6,9-12,14-15,21H,7-8,13H2,1-3H3/p+1/t14-,15?,21?,24?/m1/s1. The second-order valence-corrected chi connectivity index (χ2v) is 9.23. The normalized spacial score (nSPS) is 23.1. The summed E-state index contributed by atoms with van der Waals surface area (Å²) >= 11 is 0.806. The maximum absolute atomic E-state index is 13.5. The Morgan fingerprint density at radius 2 is 1.77 bits per heavy atom. The number of hydrogen-bond donors (Lipinski definition) is 1. The molecule has 4 atom stereocenters. The molecular weight excluding hydrogens is 402 g/mol. The van der Waals surface area contributed by atoms with Crippen LogP contribution >= 0.6 is 11.8 Å². The zero-order valence-electron chi connectivity index (χ0n) is 17.3. The maximum Gasteiger partial charge on any atom is 0.521 e. The number of quaternary nitrogens is 1. The van der Waals surface area contributed by atoms with Crippen molar-refractivity contribution in [1.82, 2.24) is 0 Å². The SMILES string of the molecule is CC(=O)SC(C(=O)c1cccc2ccccc12)C(C)C(=O)[N+]1(C(=O)O)CCC[C@H]1C. The van der Waals surface area contributed by atoms with Crippen molar-refractivity contribution < 1.29 is 28.8 Å². The van der Waals surface area contributed by atoms with Crippen molar-refractivity contribution in [2.75, 3.05) is 6.54 Å². The molecular formula is C23H26NO5S+. The Balaban J connectivity index is 2.03. The molecule has 2 aromatic carbocycles. The third kappa shape index (κ3) is 3.79. The van der Waals surface area contributed by atoms with Crippen LogP contribution in [0, 0.1) is 5.92 Å². The molecule has 0 radical (unpaired) electrons. The average molecular weight is 429 g/mol. The van der Waals surface area contributed by atoms with Crippen molar-refractivity contribution in [2.24, 2.45) is 5.92 Å². The van der Waals surface area contributed by atoms with Gasteiger partial charge in [0.05, 0.1) is 17.7 Å². The Morgan fingerprint density at radius 1 is 1.10 bits per heavy atom. The molecule has 6 nitrogen and oxygen atoms in total. The number of Topliss-reactive ketones (excluding diaryl/α,β-unsaturated/α-hetero) is 1. The number of hydrogen-bond acceptors (Lipinski definition) is 5. The number of amides is 2. The van der Waals surface area contributed by atoms with Gasteiger partial charge >= 0.3 is 12.0 Å². The van der Waals surface area contributed by atoms with Crippen LogP contribution in [0.1, 0.15) is 44.0 Å². The van der Waals surface area contributed by atoms with Gasteiger partial charge in [-0.1, -0.05) is 54.2 Å². The molecule has 7 heteroatoms. The summed E-state index contributed by atoms with van der Waals surface area (Å²) in [5.41, 5.74) is 0.433. The summed E-state index contributed by atoms with van der Waals surface area (Å²) in [5, 5.41) is 10.3. The van der Waals surface area contributed by atoms with E-state index in [0.717, 1.165) is 22.5 Å². The number of fused-ring (bicyclic) bond motifs is 1. The second-order valence-electron chi connectivity index (χ2n) is 7.91. The number of likely N-dealkylation sites (tertiary alicyclic amines) is 1.